The Morgan fingerprint density at radius 1 is 1.37 bits per heavy atom. The molecule has 1 N–H and O–H groups in total. The van der Waals surface area contributed by atoms with Crippen LogP contribution in [0.15, 0.2) is 24.3 Å². The van der Waals surface area contributed by atoms with E-state index in [0.29, 0.717) is 23.7 Å². The molecule has 2 heterocycles. The van der Waals surface area contributed by atoms with Gasteiger partial charge in [-0.05, 0) is 45.1 Å². The summed E-state index contributed by atoms with van der Waals surface area (Å²) in [5.74, 6) is 0.102. The van der Waals surface area contributed by atoms with Crippen LogP contribution in [0.2, 0.25) is 5.02 Å². The fraction of sp³-hybridized carbons (Fsp3) is 0.500. The highest BCUT2D eigenvalue weighted by atomic mass is 35.5. The molecule has 2 aromatic rings. The summed E-state index contributed by atoms with van der Waals surface area (Å²) in [5, 5.41) is 4.52. The Morgan fingerprint density at radius 2 is 2.15 bits per heavy atom. The van der Waals surface area contributed by atoms with Gasteiger partial charge in [0.2, 0.25) is 5.91 Å². The summed E-state index contributed by atoms with van der Waals surface area (Å²) < 4.78 is 1.86. The Labute approximate surface area is 165 Å². The van der Waals surface area contributed by atoms with Crippen LogP contribution >= 0.6 is 11.6 Å². The predicted octanol–water partition coefficient (Wildman–Crippen LogP) is 2.50. The van der Waals surface area contributed by atoms with Crippen LogP contribution < -0.4 is 5.32 Å². The summed E-state index contributed by atoms with van der Waals surface area (Å²) in [6.07, 6.45) is 2.25. The quantitative estimate of drug-likeness (QED) is 0.790. The zero-order valence-electron chi connectivity index (χ0n) is 16.2. The van der Waals surface area contributed by atoms with E-state index in [2.05, 4.69) is 10.2 Å². The summed E-state index contributed by atoms with van der Waals surface area (Å²) in [4.78, 5) is 28.8. The highest BCUT2D eigenvalue weighted by Gasteiger charge is 2.30. The maximum Gasteiger partial charge on any atom is 0.267 e. The molecule has 0 unspecified atom stereocenters. The SMILES string of the molecule is CN(C)CCN1C(=O)CC[C@H]1CCNC(=O)c1cc2c(Cl)cccc2n1C. The number of hydrogen-bond acceptors (Lipinski definition) is 3. The average molecular weight is 391 g/mol. The van der Waals surface area contributed by atoms with Crippen molar-refractivity contribution in [2.75, 3.05) is 33.7 Å². The fourth-order valence-electron chi connectivity index (χ4n) is 3.69. The third-order valence-electron chi connectivity index (χ3n) is 5.27. The lowest BCUT2D eigenvalue weighted by Gasteiger charge is -2.26. The van der Waals surface area contributed by atoms with Crippen LogP contribution in [0.25, 0.3) is 10.9 Å². The molecule has 1 atom stereocenters. The van der Waals surface area contributed by atoms with E-state index in [0.717, 1.165) is 36.8 Å². The van der Waals surface area contributed by atoms with E-state index in [1.807, 2.05) is 54.9 Å². The number of aromatic nitrogens is 1. The second-order valence-electron chi connectivity index (χ2n) is 7.39. The summed E-state index contributed by atoms with van der Waals surface area (Å²) in [6.45, 7) is 2.14. The van der Waals surface area contributed by atoms with Crippen molar-refractivity contribution in [3.05, 3.63) is 35.0 Å². The first-order valence-electron chi connectivity index (χ1n) is 9.35. The standard InChI is InChI=1S/C20H27ClN4O2/c1-23(2)11-12-25-14(7-8-19(25)26)9-10-22-20(27)18-13-15-16(21)5-4-6-17(15)24(18)3/h4-6,13-14H,7-12H2,1-3H3,(H,22,27)/t14-/m0/s1. The lowest BCUT2D eigenvalue weighted by molar-refractivity contribution is -0.129. The van der Waals surface area contributed by atoms with E-state index in [9.17, 15) is 9.59 Å². The van der Waals surface area contributed by atoms with E-state index < -0.39 is 0 Å². The lowest BCUT2D eigenvalue weighted by Crippen LogP contribution is -2.40. The minimum atomic E-state index is -0.117. The molecular formula is C20H27ClN4O2. The first-order valence-corrected chi connectivity index (χ1v) is 9.72. The maximum absolute atomic E-state index is 12.6. The molecule has 1 aliphatic heterocycles. The van der Waals surface area contributed by atoms with Crippen molar-refractivity contribution in [2.24, 2.45) is 7.05 Å². The highest BCUT2D eigenvalue weighted by molar-refractivity contribution is 6.35. The molecule has 6 nitrogen and oxygen atoms in total. The van der Waals surface area contributed by atoms with Crippen molar-refractivity contribution < 1.29 is 9.59 Å². The van der Waals surface area contributed by atoms with E-state index in [4.69, 9.17) is 11.6 Å². The van der Waals surface area contributed by atoms with Gasteiger partial charge in [-0.15, -0.1) is 0 Å². The number of amides is 2. The molecule has 7 heteroatoms. The molecule has 0 spiro atoms. The molecule has 1 saturated heterocycles. The van der Waals surface area contributed by atoms with Gasteiger partial charge in [-0.25, -0.2) is 0 Å². The molecule has 1 aromatic carbocycles. The number of rotatable bonds is 7. The third kappa shape index (κ3) is 4.28. The number of benzene rings is 1. The van der Waals surface area contributed by atoms with Gasteiger partial charge in [-0.2, -0.15) is 0 Å². The van der Waals surface area contributed by atoms with Gasteiger partial charge < -0.3 is 19.7 Å². The first-order chi connectivity index (χ1) is 12.9. The smallest absolute Gasteiger partial charge is 0.267 e. The fourth-order valence-corrected chi connectivity index (χ4v) is 3.92. The van der Waals surface area contributed by atoms with Gasteiger partial charge in [-0.1, -0.05) is 17.7 Å². The van der Waals surface area contributed by atoms with E-state index in [-0.39, 0.29) is 17.9 Å². The summed E-state index contributed by atoms with van der Waals surface area (Å²) >= 11 is 6.23. The molecular weight excluding hydrogens is 364 g/mol. The summed E-state index contributed by atoms with van der Waals surface area (Å²) in [5.41, 5.74) is 1.52. The predicted molar refractivity (Wildman–Crippen MR) is 108 cm³/mol. The minimum absolute atomic E-state index is 0.117. The van der Waals surface area contributed by atoms with Crippen molar-refractivity contribution in [2.45, 2.75) is 25.3 Å². The Hall–Kier alpha value is -2.05. The largest absolute Gasteiger partial charge is 0.351 e. The van der Waals surface area contributed by atoms with Gasteiger partial charge in [0.15, 0.2) is 0 Å². The number of halogens is 1. The van der Waals surface area contributed by atoms with Crippen LogP contribution in [0.1, 0.15) is 29.8 Å². The zero-order chi connectivity index (χ0) is 19.6. The van der Waals surface area contributed by atoms with Crippen LogP contribution in [0.3, 0.4) is 0 Å². The van der Waals surface area contributed by atoms with Gasteiger partial charge in [-0.3, -0.25) is 9.59 Å². The van der Waals surface area contributed by atoms with Crippen LogP contribution in [0, 0.1) is 0 Å². The lowest BCUT2D eigenvalue weighted by atomic mass is 10.1. The Kier molecular flexibility index (Phi) is 6.07. The molecule has 3 rings (SSSR count). The van der Waals surface area contributed by atoms with Crippen molar-refractivity contribution in [3.63, 3.8) is 0 Å². The number of fused-ring (bicyclic) bond motifs is 1. The molecule has 146 valence electrons. The number of aryl methyl sites for hydroxylation is 1. The van der Waals surface area contributed by atoms with Crippen molar-refractivity contribution in [1.82, 2.24) is 19.7 Å². The number of carbonyl (C=O) groups excluding carboxylic acids is 2. The molecule has 0 bridgehead atoms. The molecule has 27 heavy (non-hydrogen) atoms. The molecule has 0 saturated carbocycles. The van der Waals surface area contributed by atoms with Crippen LogP contribution in [-0.2, 0) is 11.8 Å². The molecule has 1 aliphatic rings. The van der Waals surface area contributed by atoms with Gasteiger partial charge in [0.25, 0.3) is 5.91 Å². The van der Waals surface area contributed by atoms with Gasteiger partial charge >= 0.3 is 0 Å². The molecule has 0 aliphatic carbocycles. The summed E-state index contributed by atoms with van der Waals surface area (Å²) in [7, 11) is 5.88. The Morgan fingerprint density at radius 3 is 2.85 bits per heavy atom. The summed E-state index contributed by atoms with van der Waals surface area (Å²) in [6, 6.07) is 7.69. The van der Waals surface area contributed by atoms with Crippen molar-refractivity contribution in [3.8, 4) is 0 Å². The van der Waals surface area contributed by atoms with Crippen LogP contribution in [0.5, 0.6) is 0 Å². The van der Waals surface area contributed by atoms with E-state index in [1.54, 1.807) is 0 Å². The van der Waals surface area contributed by atoms with E-state index in [1.165, 1.54) is 0 Å². The van der Waals surface area contributed by atoms with Crippen LogP contribution in [0.4, 0.5) is 0 Å². The Bertz CT molecular complexity index is 846. The average Bonchev–Trinajstić information content (AvgIpc) is 3.15. The second kappa shape index (κ2) is 8.31. The number of likely N-dealkylation sites (tertiary alicyclic amines) is 1. The van der Waals surface area contributed by atoms with Crippen molar-refractivity contribution >= 4 is 34.3 Å². The number of nitrogens with zero attached hydrogens (tertiary/aromatic N) is 3. The molecule has 2 amide bonds. The molecule has 1 fully saturated rings. The topological polar surface area (TPSA) is 57.6 Å². The maximum atomic E-state index is 12.6. The molecule has 0 radical (unpaired) electrons. The van der Waals surface area contributed by atoms with Gasteiger partial charge in [0, 0.05) is 55.1 Å². The number of nitrogens with one attached hydrogen (secondary N) is 1. The second-order valence-corrected chi connectivity index (χ2v) is 7.80. The number of likely N-dealkylation sites (N-methyl/N-ethyl adjacent to an activating group) is 1. The van der Waals surface area contributed by atoms with E-state index >= 15 is 0 Å². The van der Waals surface area contributed by atoms with Crippen LogP contribution in [-0.4, -0.2) is 66.0 Å². The normalized spacial score (nSPS) is 17.3. The van der Waals surface area contributed by atoms with Gasteiger partial charge in [0.05, 0.1) is 0 Å². The molecule has 1 aromatic heterocycles. The number of carbonyl (C=O) groups is 2. The third-order valence-corrected chi connectivity index (χ3v) is 5.60. The first kappa shape index (κ1) is 19.7. The van der Waals surface area contributed by atoms with Gasteiger partial charge in [0.1, 0.15) is 5.69 Å². The minimum Gasteiger partial charge on any atom is -0.351 e. The number of hydrogen-bond donors (Lipinski definition) is 1. The van der Waals surface area contributed by atoms with Crippen molar-refractivity contribution in [1.29, 1.82) is 0 Å². The highest BCUT2D eigenvalue weighted by Crippen LogP contribution is 2.26. The Balaban J connectivity index is 1.59. The zero-order valence-corrected chi connectivity index (χ0v) is 16.9. The monoisotopic (exact) mass is 390 g/mol.